The first-order valence-electron chi connectivity index (χ1n) is 4.50. The molecule has 0 unspecified atom stereocenters. The standard InChI is InChI=1S/C8H14N2O5Se/c9-4(7(12)13)1-2-6(11)10-5(3-16)8(14)15/h4-5,16H,1-3,9H2,(H,10,11)(H,12,13)(H,14,15)/t4-,5-/m0/s1. The second kappa shape index (κ2) is 7.21. The van der Waals surface area contributed by atoms with Crippen molar-refractivity contribution in [2.24, 2.45) is 5.73 Å². The number of aliphatic carboxylic acids is 2. The van der Waals surface area contributed by atoms with Gasteiger partial charge in [-0.3, -0.25) is 0 Å². The third-order valence-electron chi connectivity index (χ3n) is 1.82. The summed E-state index contributed by atoms with van der Waals surface area (Å²) in [5.74, 6) is -2.83. The van der Waals surface area contributed by atoms with Crippen molar-refractivity contribution < 1.29 is 24.6 Å². The number of carbonyl (C=O) groups is 3. The molecule has 0 aliphatic rings. The van der Waals surface area contributed by atoms with Crippen LogP contribution < -0.4 is 11.1 Å². The van der Waals surface area contributed by atoms with Gasteiger partial charge in [-0.1, -0.05) is 0 Å². The molecule has 0 saturated carbocycles. The number of hydrogen-bond acceptors (Lipinski definition) is 4. The number of carbonyl (C=O) groups excluding carboxylic acids is 1. The van der Waals surface area contributed by atoms with Crippen LogP contribution in [0.25, 0.3) is 0 Å². The second-order valence-electron chi connectivity index (χ2n) is 3.12. The van der Waals surface area contributed by atoms with E-state index in [-0.39, 0.29) is 18.2 Å². The van der Waals surface area contributed by atoms with Crippen LogP contribution in [0.1, 0.15) is 12.8 Å². The maximum atomic E-state index is 11.2. The summed E-state index contributed by atoms with van der Waals surface area (Å²) in [7, 11) is 0. The molecule has 0 saturated heterocycles. The third-order valence-corrected chi connectivity index (χ3v) is 2.58. The first-order chi connectivity index (χ1) is 7.38. The Labute approximate surface area is 100 Å². The fourth-order valence-electron chi connectivity index (χ4n) is 0.862. The minimum atomic E-state index is -1.19. The Morgan fingerprint density at radius 3 is 2.19 bits per heavy atom. The van der Waals surface area contributed by atoms with E-state index in [4.69, 9.17) is 15.9 Å². The van der Waals surface area contributed by atoms with Gasteiger partial charge >= 0.3 is 99.8 Å². The molecule has 0 aliphatic heterocycles. The quantitative estimate of drug-likeness (QED) is 0.405. The average Bonchev–Trinajstić information content (AvgIpc) is 2.21. The van der Waals surface area contributed by atoms with Crippen LogP contribution in [0.2, 0.25) is 5.32 Å². The van der Waals surface area contributed by atoms with Crippen LogP contribution in [0.15, 0.2) is 0 Å². The molecule has 0 bridgehead atoms. The van der Waals surface area contributed by atoms with E-state index in [0.29, 0.717) is 0 Å². The second-order valence-corrected chi connectivity index (χ2v) is 3.89. The van der Waals surface area contributed by atoms with Gasteiger partial charge in [0.1, 0.15) is 0 Å². The molecule has 0 heterocycles. The summed E-state index contributed by atoms with van der Waals surface area (Å²) < 4.78 is 0. The van der Waals surface area contributed by atoms with E-state index in [1.807, 2.05) is 0 Å². The van der Waals surface area contributed by atoms with Crippen LogP contribution >= 0.6 is 0 Å². The van der Waals surface area contributed by atoms with Crippen molar-refractivity contribution in [2.75, 3.05) is 0 Å². The van der Waals surface area contributed by atoms with Crippen molar-refractivity contribution in [1.29, 1.82) is 0 Å². The Balaban J connectivity index is 3.99. The van der Waals surface area contributed by atoms with E-state index in [0.717, 1.165) is 0 Å². The summed E-state index contributed by atoms with van der Waals surface area (Å²) >= 11 is 2.06. The first-order valence-corrected chi connectivity index (χ1v) is 5.82. The van der Waals surface area contributed by atoms with Crippen molar-refractivity contribution in [1.82, 2.24) is 5.32 Å². The summed E-state index contributed by atoms with van der Waals surface area (Å²) in [6.07, 6.45) is -0.129. The summed E-state index contributed by atoms with van der Waals surface area (Å²) in [6.45, 7) is 0. The molecule has 5 N–H and O–H groups in total. The molecular weight excluding hydrogens is 283 g/mol. The van der Waals surface area contributed by atoms with Crippen LogP contribution in [-0.4, -0.2) is 56.2 Å². The predicted octanol–water partition coefficient (Wildman–Crippen LogP) is -1.93. The van der Waals surface area contributed by atoms with Gasteiger partial charge in [-0.05, 0) is 0 Å². The number of nitrogens with two attached hydrogens (primary N) is 1. The fraction of sp³-hybridized carbons (Fsp3) is 0.625. The van der Waals surface area contributed by atoms with E-state index < -0.39 is 29.9 Å². The number of hydrogen-bond donors (Lipinski definition) is 4. The summed E-state index contributed by atoms with van der Waals surface area (Å²) in [4.78, 5) is 32.1. The molecule has 16 heavy (non-hydrogen) atoms. The van der Waals surface area contributed by atoms with Gasteiger partial charge in [-0.15, -0.1) is 0 Å². The van der Waals surface area contributed by atoms with Crippen LogP contribution in [0.4, 0.5) is 0 Å². The first kappa shape index (κ1) is 14.9. The van der Waals surface area contributed by atoms with Gasteiger partial charge in [-0.2, -0.15) is 0 Å². The molecule has 0 spiro atoms. The van der Waals surface area contributed by atoms with Crippen molar-refractivity contribution in [3.05, 3.63) is 0 Å². The fourth-order valence-corrected chi connectivity index (χ4v) is 1.38. The monoisotopic (exact) mass is 298 g/mol. The topological polar surface area (TPSA) is 130 Å². The van der Waals surface area contributed by atoms with Crippen molar-refractivity contribution in [3.8, 4) is 0 Å². The normalized spacial score (nSPS) is 13.9. The van der Waals surface area contributed by atoms with Crippen molar-refractivity contribution in [3.63, 3.8) is 0 Å². The third kappa shape index (κ3) is 5.69. The molecule has 8 heteroatoms. The summed E-state index contributed by atoms with van der Waals surface area (Å²) in [6, 6.07) is -2.07. The Bertz CT molecular complexity index is 284. The summed E-state index contributed by atoms with van der Waals surface area (Å²) in [5.41, 5.74) is 5.19. The molecule has 0 fully saturated rings. The van der Waals surface area contributed by atoms with E-state index >= 15 is 0 Å². The minimum absolute atomic E-state index is 0.0217. The van der Waals surface area contributed by atoms with Crippen LogP contribution in [-0.2, 0) is 14.4 Å². The summed E-state index contributed by atoms with van der Waals surface area (Å²) in [5, 5.41) is 19.6. The van der Waals surface area contributed by atoms with Crippen LogP contribution in [0, 0.1) is 0 Å². The van der Waals surface area contributed by atoms with Crippen molar-refractivity contribution >= 4 is 33.9 Å². The molecule has 0 aliphatic carbocycles. The Hall–Kier alpha value is -1.11. The van der Waals surface area contributed by atoms with Gasteiger partial charge < -0.3 is 0 Å². The molecule has 0 aromatic carbocycles. The molecular formula is C8H14N2O5Se. The zero-order valence-electron chi connectivity index (χ0n) is 8.42. The zero-order valence-corrected chi connectivity index (χ0v) is 10.3. The molecule has 7 nitrogen and oxygen atoms in total. The van der Waals surface area contributed by atoms with E-state index in [9.17, 15) is 14.4 Å². The number of amides is 1. The van der Waals surface area contributed by atoms with E-state index in [1.54, 1.807) is 0 Å². The van der Waals surface area contributed by atoms with Gasteiger partial charge in [0.15, 0.2) is 0 Å². The number of carboxylic acids is 2. The molecule has 0 radical (unpaired) electrons. The number of nitrogens with one attached hydrogen (secondary N) is 1. The Morgan fingerprint density at radius 1 is 1.25 bits per heavy atom. The van der Waals surface area contributed by atoms with Gasteiger partial charge in [0.05, 0.1) is 0 Å². The van der Waals surface area contributed by atoms with Gasteiger partial charge in [-0.25, -0.2) is 0 Å². The molecule has 0 aromatic rings. The Morgan fingerprint density at radius 2 is 1.81 bits per heavy atom. The predicted molar refractivity (Wildman–Crippen MR) is 56.4 cm³/mol. The zero-order chi connectivity index (χ0) is 12.7. The van der Waals surface area contributed by atoms with Crippen LogP contribution in [0.5, 0.6) is 0 Å². The van der Waals surface area contributed by atoms with Crippen molar-refractivity contribution in [2.45, 2.75) is 30.2 Å². The average molecular weight is 297 g/mol. The molecule has 0 aromatic heterocycles. The Kier molecular flexibility index (Phi) is 6.71. The van der Waals surface area contributed by atoms with E-state index in [1.165, 1.54) is 0 Å². The molecule has 2 atom stereocenters. The maximum absolute atomic E-state index is 11.2. The SMILES string of the molecule is N[C@@H](CCC(=O)N[C@@H](C[SeH])C(=O)O)C(=O)O. The van der Waals surface area contributed by atoms with Gasteiger partial charge in [0.2, 0.25) is 0 Å². The number of rotatable bonds is 7. The molecule has 1 amide bonds. The molecule has 92 valence electrons. The molecule has 0 rings (SSSR count). The van der Waals surface area contributed by atoms with E-state index in [2.05, 4.69) is 21.3 Å². The number of carboxylic acid groups (broad SMARTS) is 2. The van der Waals surface area contributed by atoms with Crippen LogP contribution in [0.3, 0.4) is 0 Å². The van der Waals surface area contributed by atoms with Gasteiger partial charge in [0, 0.05) is 0 Å². The van der Waals surface area contributed by atoms with Gasteiger partial charge in [0.25, 0.3) is 0 Å².